The number of piperidine rings is 1. The van der Waals surface area contributed by atoms with E-state index >= 15 is 0 Å². The zero-order chi connectivity index (χ0) is 13.9. The number of nitrogens with zero attached hydrogens (tertiary/aromatic N) is 1. The molecule has 0 aromatic carbocycles. The van der Waals surface area contributed by atoms with Gasteiger partial charge in [0.1, 0.15) is 0 Å². The Hall–Kier alpha value is -0.820. The summed E-state index contributed by atoms with van der Waals surface area (Å²) in [6, 6.07) is 0. The lowest BCUT2D eigenvalue weighted by Gasteiger charge is -2.34. The quantitative estimate of drug-likeness (QED) is 0.780. The van der Waals surface area contributed by atoms with Crippen molar-refractivity contribution in [2.24, 2.45) is 11.8 Å². The van der Waals surface area contributed by atoms with Gasteiger partial charge in [-0.25, -0.2) is 0 Å². The molecule has 0 aromatic rings. The van der Waals surface area contributed by atoms with E-state index in [-0.39, 0.29) is 37.8 Å². The molecule has 0 bridgehead atoms. The number of rotatable bonds is 1. The number of halogens is 3. The van der Waals surface area contributed by atoms with Crippen molar-refractivity contribution < 1.29 is 22.7 Å². The number of alkyl halides is 3. The van der Waals surface area contributed by atoms with Crippen LogP contribution in [-0.2, 0) is 9.53 Å². The highest BCUT2D eigenvalue weighted by atomic mass is 19.4. The van der Waals surface area contributed by atoms with Crippen LogP contribution in [0.25, 0.3) is 0 Å². The van der Waals surface area contributed by atoms with Gasteiger partial charge in [0.25, 0.3) is 0 Å². The topological polar surface area (TPSA) is 41.6 Å². The Bertz CT molecular complexity index is 307. The van der Waals surface area contributed by atoms with Gasteiger partial charge in [-0.15, -0.1) is 0 Å². The van der Waals surface area contributed by atoms with Gasteiger partial charge in [-0.05, 0) is 12.8 Å². The summed E-state index contributed by atoms with van der Waals surface area (Å²) in [5, 5.41) is 3.10. The molecule has 1 atom stereocenters. The minimum atomic E-state index is -4.14. The first-order chi connectivity index (χ1) is 8.98. The van der Waals surface area contributed by atoms with Crippen molar-refractivity contribution in [1.29, 1.82) is 0 Å². The summed E-state index contributed by atoms with van der Waals surface area (Å²) >= 11 is 0. The van der Waals surface area contributed by atoms with Crippen LogP contribution in [0.15, 0.2) is 0 Å². The zero-order valence-electron chi connectivity index (χ0n) is 10.7. The largest absolute Gasteiger partial charge is 0.391 e. The van der Waals surface area contributed by atoms with Crippen molar-refractivity contribution in [1.82, 2.24) is 10.2 Å². The van der Waals surface area contributed by atoms with Crippen molar-refractivity contribution in [2.75, 3.05) is 39.4 Å². The number of carbonyl (C=O) groups excluding carboxylic acids is 1. The summed E-state index contributed by atoms with van der Waals surface area (Å²) in [6.45, 7) is 2.56. The molecular formula is C12H19F3N2O2. The van der Waals surface area contributed by atoms with Crippen molar-refractivity contribution in [3.05, 3.63) is 0 Å². The van der Waals surface area contributed by atoms with Crippen LogP contribution < -0.4 is 5.32 Å². The molecule has 0 radical (unpaired) electrons. The highest BCUT2D eigenvalue weighted by Gasteiger charge is 2.42. The highest BCUT2D eigenvalue weighted by molar-refractivity contribution is 5.79. The van der Waals surface area contributed by atoms with E-state index in [1.54, 1.807) is 4.90 Å². The maximum Gasteiger partial charge on any atom is 0.391 e. The smallest absolute Gasteiger partial charge is 0.379 e. The summed E-state index contributed by atoms with van der Waals surface area (Å²) in [7, 11) is 0. The molecule has 4 nitrogen and oxygen atoms in total. The fourth-order valence-electron chi connectivity index (χ4n) is 2.55. The number of hydrogen-bond donors (Lipinski definition) is 1. The molecule has 0 aliphatic carbocycles. The molecule has 0 spiro atoms. The van der Waals surface area contributed by atoms with E-state index in [2.05, 4.69) is 5.32 Å². The predicted molar refractivity (Wildman–Crippen MR) is 62.5 cm³/mol. The van der Waals surface area contributed by atoms with Crippen LogP contribution in [0.1, 0.15) is 12.8 Å². The molecule has 1 amide bonds. The third kappa shape index (κ3) is 3.82. The van der Waals surface area contributed by atoms with Gasteiger partial charge in [-0.1, -0.05) is 0 Å². The Labute approximate surface area is 110 Å². The summed E-state index contributed by atoms with van der Waals surface area (Å²) < 4.78 is 42.9. The van der Waals surface area contributed by atoms with Crippen LogP contribution in [0.5, 0.6) is 0 Å². The molecule has 7 heteroatoms. The zero-order valence-corrected chi connectivity index (χ0v) is 10.7. The molecule has 1 unspecified atom stereocenters. The maximum atomic E-state index is 12.5. The average Bonchev–Trinajstić information content (AvgIpc) is 2.66. The number of carbonyl (C=O) groups is 1. The van der Waals surface area contributed by atoms with Crippen LogP contribution in [0.3, 0.4) is 0 Å². The van der Waals surface area contributed by atoms with Gasteiger partial charge in [0.15, 0.2) is 0 Å². The molecule has 0 saturated carbocycles. The number of ether oxygens (including phenoxy) is 1. The molecule has 2 rings (SSSR count). The van der Waals surface area contributed by atoms with Crippen LogP contribution in [-0.4, -0.2) is 56.4 Å². The minimum Gasteiger partial charge on any atom is -0.379 e. The van der Waals surface area contributed by atoms with Crippen LogP contribution in [0.2, 0.25) is 0 Å². The first kappa shape index (κ1) is 14.6. The molecule has 110 valence electrons. The highest BCUT2D eigenvalue weighted by Crippen LogP contribution is 2.34. The van der Waals surface area contributed by atoms with Gasteiger partial charge in [0.2, 0.25) is 5.91 Å². The normalized spacial score (nSPS) is 27.1. The van der Waals surface area contributed by atoms with Crippen molar-refractivity contribution in [2.45, 2.75) is 19.0 Å². The number of nitrogens with one attached hydrogen (secondary N) is 1. The molecule has 2 heterocycles. The van der Waals surface area contributed by atoms with Crippen molar-refractivity contribution in [3.63, 3.8) is 0 Å². The monoisotopic (exact) mass is 280 g/mol. The molecule has 0 aromatic heterocycles. The SMILES string of the molecule is O=C(C1CNCCOC1)N1CCC(C(F)(F)F)CC1. The second-order valence-corrected chi connectivity index (χ2v) is 5.12. The Balaban J connectivity index is 1.85. The van der Waals surface area contributed by atoms with Gasteiger partial charge in [0, 0.05) is 26.2 Å². The molecule has 2 aliphatic heterocycles. The third-order valence-electron chi connectivity index (χ3n) is 3.75. The van der Waals surface area contributed by atoms with Crippen LogP contribution >= 0.6 is 0 Å². The molecule has 19 heavy (non-hydrogen) atoms. The van der Waals surface area contributed by atoms with E-state index in [0.717, 1.165) is 0 Å². The standard InChI is InChI=1S/C12H19F3N2O2/c13-12(14,15)10-1-4-17(5-2-10)11(18)9-7-16-3-6-19-8-9/h9-10,16H,1-8H2. The van der Waals surface area contributed by atoms with E-state index in [9.17, 15) is 18.0 Å². The van der Waals surface area contributed by atoms with E-state index in [1.165, 1.54) is 0 Å². The first-order valence-electron chi connectivity index (χ1n) is 6.62. The third-order valence-corrected chi connectivity index (χ3v) is 3.75. The van der Waals surface area contributed by atoms with Gasteiger partial charge in [0.05, 0.1) is 25.0 Å². The van der Waals surface area contributed by atoms with E-state index in [0.29, 0.717) is 26.3 Å². The van der Waals surface area contributed by atoms with Gasteiger partial charge in [-0.2, -0.15) is 13.2 Å². The minimum absolute atomic E-state index is 0.0102. The number of likely N-dealkylation sites (tertiary alicyclic amines) is 1. The fourth-order valence-corrected chi connectivity index (χ4v) is 2.55. The lowest BCUT2D eigenvalue weighted by Crippen LogP contribution is -2.46. The molecule has 1 N–H and O–H groups in total. The molecule has 2 aliphatic rings. The molecule has 2 fully saturated rings. The second kappa shape index (κ2) is 6.09. The van der Waals surface area contributed by atoms with E-state index in [4.69, 9.17) is 4.74 Å². The Morgan fingerprint density at radius 2 is 1.95 bits per heavy atom. The van der Waals surface area contributed by atoms with Gasteiger partial charge < -0.3 is 15.0 Å². The van der Waals surface area contributed by atoms with Gasteiger partial charge in [-0.3, -0.25) is 4.79 Å². The predicted octanol–water partition coefficient (Wildman–Crippen LogP) is 1.02. The summed E-state index contributed by atoms with van der Waals surface area (Å²) in [6.07, 6.45) is -4.12. The Kier molecular flexibility index (Phi) is 4.67. The molecule has 2 saturated heterocycles. The van der Waals surface area contributed by atoms with E-state index in [1.807, 2.05) is 0 Å². The second-order valence-electron chi connectivity index (χ2n) is 5.12. The van der Waals surface area contributed by atoms with Crippen molar-refractivity contribution >= 4 is 5.91 Å². The Morgan fingerprint density at radius 1 is 1.26 bits per heavy atom. The maximum absolute atomic E-state index is 12.5. The van der Waals surface area contributed by atoms with Gasteiger partial charge >= 0.3 is 6.18 Å². The average molecular weight is 280 g/mol. The van der Waals surface area contributed by atoms with E-state index < -0.39 is 12.1 Å². The number of amides is 1. The molecular weight excluding hydrogens is 261 g/mol. The fraction of sp³-hybridized carbons (Fsp3) is 0.917. The first-order valence-corrected chi connectivity index (χ1v) is 6.62. The summed E-state index contributed by atoms with van der Waals surface area (Å²) in [5.41, 5.74) is 0. The van der Waals surface area contributed by atoms with Crippen LogP contribution in [0.4, 0.5) is 13.2 Å². The number of hydrogen-bond acceptors (Lipinski definition) is 3. The summed E-state index contributed by atoms with van der Waals surface area (Å²) in [5.74, 6) is -1.62. The Morgan fingerprint density at radius 3 is 2.58 bits per heavy atom. The lowest BCUT2D eigenvalue weighted by molar-refractivity contribution is -0.187. The summed E-state index contributed by atoms with van der Waals surface area (Å²) in [4.78, 5) is 13.7. The van der Waals surface area contributed by atoms with Crippen LogP contribution in [0, 0.1) is 11.8 Å². The lowest BCUT2D eigenvalue weighted by atomic mass is 9.95. The van der Waals surface area contributed by atoms with Crippen molar-refractivity contribution in [3.8, 4) is 0 Å².